The van der Waals surface area contributed by atoms with Crippen molar-refractivity contribution in [1.82, 2.24) is 10.5 Å². The predicted octanol–water partition coefficient (Wildman–Crippen LogP) is 2.67. The highest BCUT2D eigenvalue weighted by molar-refractivity contribution is 5.87. The van der Waals surface area contributed by atoms with Gasteiger partial charge < -0.3 is 9.84 Å². The largest absolute Gasteiger partial charge is 0.356 e. The third-order valence-electron chi connectivity index (χ3n) is 2.45. The predicted molar refractivity (Wildman–Crippen MR) is 68.6 cm³/mol. The SMILES string of the molecule is CC=CC(=O)NCc1cc(-c2ccc(F)cc2)on1. The van der Waals surface area contributed by atoms with Gasteiger partial charge in [0.25, 0.3) is 0 Å². The highest BCUT2D eigenvalue weighted by atomic mass is 19.1. The molecule has 0 unspecified atom stereocenters. The van der Waals surface area contributed by atoms with Gasteiger partial charge in [-0.25, -0.2) is 4.39 Å². The molecule has 0 saturated heterocycles. The Bertz CT molecular complexity index is 588. The second-order valence-electron chi connectivity index (χ2n) is 3.91. The van der Waals surface area contributed by atoms with Gasteiger partial charge in [0.05, 0.1) is 6.54 Å². The standard InChI is InChI=1S/C14H13FN2O2/c1-2-3-14(18)16-9-12-8-13(19-17-12)10-4-6-11(15)7-5-10/h2-8H,9H2,1H3,(H,16,18). The maximum atomic E-state index is 12.8. The van der Waals surface area contributed by atoms with E-state index in [4.69, 9.17) is 4.52 Å². The Labute approximate surface area is 109 Å². The van der Waals surface area contributed by atoms with Gasteiger partial charge in [0, 0.05) is 11.6 Å². The molecule has 0 fully saturated rings. The number of halogens is 1. The van der Waals surface area contributed by atoms with E-state index in [1.807, 2.05) is 0 Å². The number of aromatic nitrogens is 1. The summed E-state index contributed by atoms with van der Waals surface area (Å²) in [5.74, 6) is 0.0474. The molecular weight excluding hydrogens is 247 g/mol. The maximum Gasteiger partial charge on any atom is 0.243 e. The van der Waals surface area contributed by atoms with Crippen LogP contribution in [0.25, 0.3) is 11.3 Å². The van der Waals surface area contributed by atoms with Crippen molar-refractivity contribution in [3.8, 4) is 11.3 Å². The van der Waals surface area contributed by atoms with Crippen molar-refractivity contribution >= 4 is 5.91 Å². The first-order chi connectivity index (χ1) is 9.19. The molecular formula is C14H13FN2O2. The Hall–Kier alpha value is -2.43. The minimum absolute atomic E-state index is 0.186. The second-order valence-corrected chi connectivity index (χ2v) is 3.91. The van der Waals surface area contributed by atoms with E-state index in [9.17, 15) is 9.18 Å². The van der Waals surface area contributed by atoms with Crippen molar-refractivity contribution in [1.29, 1.82) is 0 Å². The Morgan fingerprint density at radius 2 is 2.16 bits per heavy atom. The van der Waals surface area contributed by atoms with Crippen LogP contribution in [0.1, 0.15) is 12.6 Å². The van der Waals surface area contributed by atoms with E-state index in [1.165, 1.54) is 18.2 Å². The van der Waals surface area contributed by atoms with Crippen molar-refractivity contribution in [3.63, 3.8) is 0 Å². The molecule has 5 heteroatoms. The van der Waals surface area contributed by atoms with E-state index < -0.39 is 0 Å². The Kier molecular flexibility index (Phi) is 4.07. The summed E-state index contributed by atoms with van der Waals surface area (Å²) in [6.07, 6.45) is 3.09. The molecule has 1 amide bonds. The minimum atomic E-state index is -0.304. The molecule has 1 N–H and O–H groups in total. The van der Waals surface area contributed by atoms with Gasteiger partial charge in [-0.1, -0.05) is 11.2 Å². The number of hydrogen-bond acceptors (Lipinski definition) is 3. The molecule has 1 aromatic carbocycles. The van der Waals surface area contributed by atoms with Crippen molar-refractivity contribution in [2.24, 2.45) is 0 Å². The van der Waals surface area contributed by atoms with E-state index in [0.717, 1.165) is 5.56 Å². The number of rotatable bonds is 4. The van der Waals surface area contributed by atoms with Crippen LogP contribution >= 0.6 is 0 Å². The fourth-order valence-corrected chi connectivity index (χ4v) is 1.53. The van der Waals surface area contributed by atoms with Gasteiger partial charge in [-0.2, -0.15) is 0 Å². The lowest BCUT2D eigenvalue weighted by Gasteiger charge is -1.96. The first kappa shape index (κ1) is 13.0. The van der Waals surface area contributed by atoms with Crippen LogP contribution in [-0.4, -0.2) is 11.1 Å². The Morgan fingerprint density at radius 3 is 2.84 bits per heavy atom. The molecule has 19 heavy (non-hydrogen) atoms. The number of carbonyl (C=O) groups excluding carboxylic acids is 1. The number of carbonyl (C=O) groups is 1. The van der Waals surface area contributed by atoms with Crippen LogP contribution in [0.3, 0.4) is 0 Å². The molecule has 0 spiro atoms. The molecule has 0 aliphatic carbocycles. The fourth-order valence-electron chi connectivity index (χ4n) is 1.53. The summed E-state index contributed by atoms with van der Waals surface area (Å²) in [7, 11) is 0. The number of hydrogen-bond donors (Lipinski definition) is 1. The third kappa shape index (κ3) is 3.51. The first-order valence-corrected chi connectivity index (χ1v) is 5.81. The summed E-state index contributed by atoms with van der Waals surface area (Å²) >= 11 is 0. The van der Waals surface area contributed by atoms with E-state index in [1.54, 1.807) is 31.2 Å². The van der Waals surface area contributed by atoms with Crippen LogP contribution in [0.15, 0.2) is 47.0 Å². The second kappa shape index (κ2) is 5.95. The van der Waals surface area contributed by atoms with Crippen LogP contribution in [0.4, 0.5) is 4.39 Å². The molecule has 0 aliphatic rings. The van der Waals surface area contributed by atoms with Crippen LogP contribution < -0.4 is 5.32 Å². The number of allylic oxidation sites excluding steroid dienone is 1. The van der Waals surface area contributed by atoms with Crippen molar-refractivity contribution in [3.05, 3.63) is 54.0 Å². The zero-order valence-electron chi connectivity index (χ0n) is 10.4. The van der Waals surface area contributed by atoms with E-state index in [2.05, 4.69) is 10.5 Å². The monoisotopic (exact) mass is 260 g/mol. The van der Waals surface area contributed by atoms with Gasteiger partial charge in [-0.3, -0.25) is 4.79 Å². The molecule has 2 aromatic rings. The van der Waals surface area contributed by atoms with E-state index in [0.29, 0.717) is 11.5 Å². The van der Waals surface area contributed by atoms with Gasteiger partial charge in [0.15, 0.2) is 5.76 Å². The van der Waals surface area contributed by atoms with E-state index in [-0.39, 0.29) is 18.3 Å². The number of benzene rings is 1. The summed E-state index contributed by atoms with van der Waals surface area (Å²) < 4.78 is 17.9. The summed E-state index contributed by atoms with van der Waals surface area (Å²) in [5, 5.41) is 6.51. The molecule has 0 atom stereocenters. The normalized spacial score (nSPS) is 10.8. The lowest BCUT2D eigenvalue weighted by molar-refractivity contribution is -0.116. The van der Waals surface area contributed by atoms with Gasteiger partial charge >= 0.3 is 0 Å². The minimum Gasteiger partial charge on any atom is -0.356 e. The molecule has 4 nitrogen and oxygen atoms in total. The van der Waals surface area contributed by atoms with Gasteiger partial charge in [-0.15, -0.1) is 0 Å². The summed E-state index contributed by atoms with van der Waals surface area (Å²) in [5.41, 5.74) is 1.34. The van der Waals surface area contributed by atoms with Crippen LogP contribution in [0.5, 0.6) is 0 Å². The van der Waals surface area contributed by atoms with Crippen LogP contribution in [-0.2, 0) is 11.3 Å². The molecule has 0 radical (unpaired) electrons. The summed E-state index contributed by atoms with van der Waals surface area (Å²) in [4.78, 5) is 11.2. The van der Waals surface area contributed by atoms with Gasteiger partial charge in [0.2, 0.25) is 5.91 Å². The Morgan fingerprint density at radius 1 is 1.42 bits per heavy atom. The molecule has 1 aromatic heterocycles. The highest BCUT2D eigenvalue weighted by Crippen LogP contribution is 2.20. The lowest BCUT2D eigenvalue weighted by atomic mass is 10.1. The lowest BCUT2D eigenvalue weighted by Crippen LogP contribution is -2.20. The zero-order valence-corrected chi connectivity index (χ0v) is 10.4. The maximum absolute atomic E-state index is 12.8. The van der Waals surface area contributed by atoms with Crippen molar-refractivity contribution in [2.75, 3.05) is 0 Å². The zero-order chi connectivity index (χ0) is 13.7. The summed E-state index contributed by atoms with van der Waals surface area (Å²) in [6.45, 7) is 2.05. The summed E-state index contributed by atoms with van der Waals surface area (Å²) in [6, 6.07) is 7.63. The number of nitrogens with zero attached hydrogens (tertiary/aromatic N) is 1. The average Bonchev–Trinajstić information content (AvgIpc) is 2.86. The quantitative estimate of drug-likeness (QED) is 0.860. The topological polar surface area (TPSA) is 55.1 Å². The molecule has 1 heterocycles. The Balaban J connectivity index is 2.03. The number of nitrogens with one attached hydrogen (secondary N) is 1. The van der Waals surface area contributed by atoms with Gasteiger partial charge in [0.1, 0.15) is 11.5 Å². The first-order valence-electron chi connectivity index (χ1n) is 5.81. The molecule has 0 saturated carbocycles. The van der Waals surface area contributed by atoms with Crippen molar-refractivity contribution in [2.45, 2.75) is 13.5 Å². The average molecular weight is 260 g/mol. The van der Waals surface area contributed by atoms with Crippen molar-refractivity contribution < 1.29 is 13.7 Å². The molecule has 98 valence electrons. The number of amides is 1. The molecule has 0 aliphatic heterocycles. The molecule has 0 bridgehead atoms. The fraction of sp³-hybridized carbons (Fsp3) is 0.143. The van der Waals surface area contributed by atoms with E-state index >= 15 is 0 Å². The highest BCUT2D eigenvalue weighted by Gasteiger charge is 2.07. The van der Waals surface area contributed by atoms with Crippen LogP contribution in [0.2, 0.25) is 0 Å². The van der Waals surface area contributed by atoms with Gasteiger partial charge in [-0.05, 0) is 37.3 Å². The third-order valence-corrected chi connectivity index (χ3v) is 2.45. The molecule has 2 rings (SSSR count). The smallest absolute Gasteiger partial charge is 0.243 e. The van der Waals surface area contributed by atoms with Crippen LogP contribution in [0, 0.1) is 5.82 Å².